The van der Waals surface area contributed by atoms with Gasteiger partial charge in [0.25, 0.3) is 0 Å². The van der Waals surface area contributed by atoms with Crippen molar-refractivity contribution >= 4 is 17.3 Å². The van der Waals surface area contributed by atoms with E-state index < -0.39 is 0 Å². The Kier molecular flexibility index (Phi) is 4.70. The fourth-order valence-electron chi connectivity index (χ4n) is 1.29. The van der Waals surface area contributed by atoms with Crippen molar-refractivity contribution in [3.8, 4) is 0 Å². The van der Waals surface area contributed by atoms with Crippen LogP contribution in [0.15, 0.2) is 18.5 Å². The van der Waals surface area contributed by atoms with E-state index in [-0.39, 0.29) is 0 Å². The van der Waals surface area contributed by atoms with Crippen molar-refractivity contribution < 1.29 is 0 Å². The normalized spacial score (nSPS) is 10.2. The highest BCUT2D eigenvalue weighted by Crippen LogP contribution is 2.22. The second-order valence-electron chi connectivity index (χ2n) is 3.21. The Balaban J connectivity index is 2.51. The second kappa shape index (κ2) is 5.83. The van der Waals surface area contributed by atoms with E-state index in [1.807, 2.05) is 20.2 Å². The maximum Gasteiger partial charge on any atom is 0.0822 e. The highest BCUT2D eigenvalue weighted by molar-refractivity contribution is 6.33. The van der Waals surface area contributed by atoms with Gasteiger partial charge in [0.05, 0.1) is 10.7 Å². The van der Waals surface area contributed by atoms with Crippen LogP contribution in [0, 0.1) is 0 Å². The van der Waals surface area contributed by atoms with E-state index in [2.05, 4.69) is 15.2 Å². The van der Waals surface area contributed by atoms with Crippen LogP contribution in [0.5, 0.6) is 0 Å². The van der Waals surface area contributed by atoms with Gasteiger partial charge in [-0.15, -0.1) is 0 Å². The van der Waals surface area contributed by atoms with E-state index >= 15 is 0 Å². The number of rotatable bonds is 5. The number of nitrogens with zero attached hydrogens (tertiary/aromatic N) is 2. The molecule has 0 spiro atoms. The number of pyridine rings is 1. The molecule has 0 radical (unpaired) electrons. The Hall–Kier alpha value is -0.800. The lowest BCUT2D eigenvalue weighted by Crippen LogP contribution is -2.22. The Morgan fingerprint density at radius 1 is 1.57 bits per heavy atom. The summed E-state index contributed by atoms with van der Waals surface area (Å²) >= 11 is 6.01. The van der Waals surface area contributed by atoms with Crippen LogP contribution in [0.1, 0.15) is 6.42 Å². The standard InChI is InChI=1S/C10H16ClN3/c1-12-5-3-7-14(2)10-4-6-13-8-9(10)11/h4,6,8,12H,3,5,7H2,1-2H3. The molecule has 0 aliphatic heterocycles. The molecule has 78 valence electrons. The van der Waals surface area contributed by atoms with Gasteiger partial charge in [0.1, 0.15) is 0 Å². The first kappa shape index (κ1) is 11.3. The van der Waals surface area contributed by atoms with Crippen molar-refractivity contribution in [2.24, 2.45) is 0 Å². The van der Waals surface area contributed by atoms with Gasteiger partial charge in [0.15, 0.2) is 0 Å². The van der Waals surface area contributed by atoms with Gasteiger partial charge < -0.3 is 10.2 Å². The molecule has 0 aromatic carbocycles. The van der Waals surface area contributed by atoms with Gasteiger partial charge in [-0.1, -0.05) is 11.6 Å². The third kappa shape index (κ3) is 3.16. The Morgan fingerprint density at radius 3 is 3.00 bits per heavy atom. The van der Waals surface area contributed by atoms with Crippen molar-refractivity contribution in [3.05, 3.63) is 23.5 Å². The number of aromatic nitrogens is 1. The van der Waals surface area contributed by atoms with Gasteiger partial charge in [0, 0.05) is 26.0 Å². The quantitative estimate of drug-likeness (QED) is 0.756. The van der Waals surface area contributed by atoms with Crippen LogP contribution in [0.25, 0.3) is 0 Å². The van der Waals surface area contributed by atoms with E-state index in [1.54, 1.807) is 12.4 Å². The average molecular weight is 214 g/mol. The Labute approximate surface area is 90.1 Å². The molecule has 1 aromatic heterocycles. The minimum absolute atomic E-state index is 0.708. The number of halogens is 1. The molecule has 0 atom stereocenters. The summed E-state index contributed by atoms with van der Waals surface area (Å²) in [5.41, 5.74) is 1.04. The average Bonchev–Trinajstić information content (AvgIpc) is 2.18. The van der Waals surface area contributed by atoms with Gasteiger partial charge in [0.2, 0.25) is 0 Å². The zero-order valence-electron chi connectivity index (χ0n) is 8.63. The zero-order valence-corrected chi connectivity index (χ0v) is 9.38. The van der Waals surface area contributed by atoms with Gasteiger partial charge in [-0.05, 0) is 26.1 Å². The third-order valence-corrected chi connectivity index (χ3v) is 2.37. The topological polar surface area (TPSA) is 28.2 Å². The number of hydrogen-bond donors (Lipinski definition) is 1. The molecule has 0 saturated carbocycles. The molecule has 1 rings (SSSR count). The minimum atomic E-state index is 0.708. The summed E-state index contributed by atoms with van der Waals surface area (Å²) < 4.78 is 0. The maximum absolute atomic E-state index is 6.01. The molecular weight excluding hydrogens is 198 g/mol. The van der Waals surface area contributed by atoms with Gasteiger partial charge in [-0.2, -0.15) is 0 Å². The van der Waals surface area contributed by atoms with Gasteiger partial charge in [-0.25, -0.2) is 0 Å². The fourth-order valence-corrected chi connectivity index (χ4v) is 1.55. The lowest BCUT2D eigenvalue weighted by Gasteiger charge is -2.19. The fraction of sp³-hybridized carbons (Fsp3) is 0.500. The molecule has 1 aromatic rings. The minimum Gasteiger partial charge on any atom is -0.373 e. The van der Waals surface area contributed by atoms with E-state index in [0.29, 0.717) is 5.02 Å². The van der Waals surface area contributed by atoms with Crippen LogP contribution < -0.4 is 10.2 Å². The first-order chi connectivity index (χ1) is 6.75. The van der Waals surface area contributed by atoms with E-state index in [9.17, 15) is 0 Å². The SMILES string of the molecule is CNCCCN(C)c1ccncc1Cl. The lowest BCUT2D eigenvalue weighted by atomic mass is 10.3. The molecule has 0 saturated heterocycles. The van der Waals surface area contributed by atoms with Crippen LogP contribution in [0.3, 0.4) is 0 Å². The van der Waals surface area contributed by atoms with Crippen molar-refractivity contribution in [3.63, 3.8) is 0 Å². The smallest absolute Gasteiger partial charge is 0.0822 e. The van der Waals surface area contributed by atoms with E-state index in [1.165, 1.54) is 0 Å². The van der Waals surface area contributed by atoms with Crippen molar-refractivity contribution in [1.29, 1.82) is 0 Å². The van der Waals surface area contributed by atoms with E-state index in [4.69, 9.17) is 11.6 Å². The Bertz CT molecular complexity index is 278. The second-order valence-corrected chi connectivity index (χ2v) is 3.61. The van der Waals surface area contributed by atoms with Crippen LogP contribution in [-0.4, -0.2) is 32.2 Å². The summed E-state index contributed by atoms with van der Waals surface area (Å²) in [6.07, 6.45) is 4.53. The molecule has 0 aliphatic carbocycles. The monoisotopic (exact) mass is 213 g/mol. The van der Waals surface area contributed by atoms with Crippen molar-refractivity contribution in [2.75, 3.05) is 32.1 Å². The maximum atomic E-state index is 6.01. The number of anilines is 1. The molecule has 0 amide bonds. The zero-order chi connectivity index (χ0) is 10.4. The molecule has 1 heterocycles. The summed E-state index contributed by atoms with van der Waals surface area (Å²) in [6.45, 7) is 2.01. The molecule has 0 bridgehead atoms. The molecule has 0 fully saturated rings. The highest BCUT2D eigenvalue weighted by atomic mass is 35.5. The Morgan fingerprint density at radius 2 is 2.36 bits per heavy atom. The molecule has 0 aliphatic rings. The molecule has 1 N–H and O–H groups in total. The number of hydrogen-bond acceptors (Lipinski definition) is 3. The predicted molar refractivity (Wildman–Crippen MR) is 61.1 cm³/mol. The highest BCUT2D eigenvalue weighted by Gasteiger charge is 2.04. The molecule has 14 heavy (non-hydrogen) atoms. The van der Waals surface area contributed by atoms with Crippen LogP contribution >= 0.6 is 11.6 Å². The third-order valence-electron chi connectivity index (χ3n) is 2.08. The summed E-state index contributed by atoms with van der Waals surface area (Å²) in [7, 11) is 4.00. The van der Waals surface area contributed by atoms with Gasteiger partial charge in [-0.3, -0.25) is 4.98 Å². The molecular formula is C10H16ClN3. The summed E-state index contributed by atoms with van der Waals surface area (Å²) in [6, 6.07) is 1.93. The summed E-state index contributed by atoms with van der Waals surface area (Å²) in [4.78, 5) is 6.09. The van der Waals surface area contributed by atoms with Gasteiger partial charge >= 0.3 is 0 Å². The molecule has 3 nitrogen and oxygen atoms in total. The molecule has 4 heteroatoms. The van der Waals surface area contributed by atoms with Crippen LogP contribution in [0.4, 0.5) is 5.69 Å². The molecule has 0 unspecified atom stereocenters. The lowest BCUT2D eigenvalue weighted by molar-refractivity contribution is 0.713. The predicted octanol–water partition coefficient (Wildman–Crippen LogP) is 1.78. The van der Waals surface area contributed by atoms with Crippen molar-refractivity contribution in [1.82, 2.24) is 10.3 Å². The number of nitrogens with one attached hydrogen (secondary N) is 1. The first-order valence-corrected chi connectivity index (χ1v) is 5.08. The largest absolute Gasteiger partial charge is 0.373 e. The van der Waals surface area contributed by atoms with Crippen LogP contribution in [-0.2, 0) is 0 Å². The van der Waals surface area contributed by atoms with Crippen LogP contribution in [0.2, 0.25) is 5.02 Å². The summed E-state index contributed by atoms with van der Waals surface area (Å²) in [5, 5.41) is 3.82. The van der Waals surface area contributed by atoms with E-state index in [0.717, 1.165) is 25.2 Å². The summed E-state index contributed by atoms with van der Waals surface area (Å²) in [5.74, 6) is 0. The van der Waals surface area contributed by atoms with Crippen molar-refractivity contribution in [2.45, 2.75) is 6.42 Å². The first-order valence-electron chi connectivity index (χ1n) is 4.71.